The van der Waals surface area contributed by atoms with Crippen LogP contribution in [-0.2, 0) is 10.0 Å². The highest BCUT2D eigenvalue weighted by Crippen LogP contribution is 2.28. The average molecular weight is 374 g/mol. The Labute approximate surface area is 126 Å². The molecule has 0 aliphatic rings. The number of anilines is 1. The topological polar surface area (TPSA) is 94.8 Å². The zero-order chi connectivity index (χ0) is 14.3. The molecule has 0 aliphatic heterocycles. The number of nitrogens with one attached hydrogen (secondary N) is 3. The van der Waals surface area contributed by atoms with E-state index in [0.717, 1.165) is 15.1 Å². The number of H-pyrrole nitrogens is 2. The number of hydrogen-bond acceptors (Lipinski definition) is 4. The summed E-state index contributed by atoms with van der Waals surface area (Å²) < 4.78 is 27.7. The first-order valence-electron chi connectivity index (χ1n) is 5.44. The SMILES string of the molecule is O=c1[nH]c2ccc(NS(=O)(=O)c3ccc(Br)s3)cc2[nH]1. The number of benzene rings is 1. The van der Waals surface area contributed by atoms with Gasteiger partial charge in [-0.15, -0.1) is 11.3 Å². The monoisotopic (exact) mass is 373 g/mol. The number of aromatic amines is 2. The predicted octanol–water partition coefficient (Wildman–Crippen LogP) is 2.48. The Hall–Kier alpha value is -1.58. The molecule has 0 saturated heterocycles. The summed E-state index contributed by atoms with van der Waals surface area (Å²) in [5.41, 5.74) is 1.22. The summed E-state index contributed by atoms with van der Waals surface area (Å²) >= 11 is 4.35. The molecule has 0 unspecified atom stereocenters. The molecule has 2 heterocycles. The van der Waals surface area contributed by atoms with E-state index in [0.29, 0.717) is 16.7 Å². The molecule has 2 aromatic heterocycles. The molecule has 0 amide bonds. The number of aromatic nitrogens is 2. The Morgan fingerprint density at radius 2 is 1.85 bits per heavy atom. The van der Waals surface area contributed by atoms with E-state index in [9.17, 15) is 13.2 Å². The zero-order valence-corrected chi connectivity index (χ0v) is 13.0. The fourth-order valence-corrected chi connectivity index (χ4v) is 4.80. The summed E-state index contributed by atoms with van der Waals surface area (Å²) in [4.78, 5) is 16.3. The molecule has 9 heteroatoms. The largest absolute Gasteiger partial charge is 0.323 e. The standard InChI is InChI=1S/C11H8BrN3O3S2/c12-9-3-4-10(19-9)20(17,18)15-6-1-2-7-8(5-6)14-11(16)13-7/h1-5,15H,(H2,13,14,16). The number of imidazole rings is 1. The minimum Gasteiger partial charge on any atom is -0.306 e. The lowest BCUT2D eigenvalue weighted by Gasteiger charge is -2.05. The Bertz CT molecular complexity index is 939. The first-order chi connectivity index (χ1) is 9.44. The number of fused-ring (bicyclic) bond motifs is 1. The molecule has 3 N–H and O–H groups in total. The maximum atomic E-state index is 12.2. The lowest BCUT2D eigenvalue weighted by atomic mass is 10.3. The molecule has 6 nitrogen and oxygen atoms in total. The Balaban J connectivity index is 1.98. The van der Waals surface area contributed by atoms with Gasteiger partial charge in [-0.3, -0.25) is 4.72 Å². The third-order valence-electron chi connectivity index (χ3n) is 2.58. The van der Waals surface area contributed by atoms with Crippen LogP contribution in [0.3, 0.4) is 0 Å². The molecule has 3 rings (SSSR count). The van der Waals surface area contributed by atoms with Crippen molar-refractivity contribution >= 4 is 54.0 Å². The zero-order valence-electron chi connectivity index (χ0n) is 9.81. The van der Waals surface area contributed by atoms with Gasteiger partial charge in [-0.2, -0.15) is 0 Å². The summed E-state index contributed by atoms with van der Waals surface area (Å²) in [6.45, 7) is 0. The molecular weight excluding hydrogens is 366 g/mol. The van der Waals surface area contributed by atoms with E-state index in [4.69, 9.17) is 0 Å². The summed E-state index contributed by atoms with van der Waals surface area (Å²) in [5, 5.41) is 0. The van der Waals surface area contributed by atoms with Crippen LogP contribution >= 0.6 is 27.3 Å². The van der Waals surface area contributed by atoms with Gasteiger partial charge >= 0.3 is 5.69 Å². The van der Waals surface area contributed by atoms with E-state index in [1.54, 1.807) is 24.3 Å². The van der Waals surface area contributed by atoms with Crippen molar-refractivity contribution in [2.24, 2.45) is 0 Å². The average Bonchev–Trinajstić information content (AvgIpc) is 2.93. The van der Waals surface area contributed by atoms with Gasteiger partial charge in [0.05, 0.1) is 20.5 Å². The minimum atomic E-state index is -3.62. The first-order valence-corrected chi connectivity index (χ1v) is 8.53. The van der Waals surface area contributed by atoms with Crippen LogP contribution in [-0.4, -0.2) is 18.4 Å². The van der Waals surface area contributed by atoms with Gasteiger partial charge in [0.15, 0.2) is 0 Å². The first kappa shape index (κ1) is 13.4. The maximum absolute atomic E-state index is 12.2. The molecule has 0 atom stereocenters. The van der Waals surface area contributed by atoms with Crippen molar-refractivity contribution in [3.8, 4) is 0 Å². The van der Waals surface area contributed by atoms with E-state index in [1.807, 2.05) is 0 Å². The molecule has 3 aromatic rings. The van der Waals surface area contributed by atoms with Gasteiger partial charge in [-0.1, -0.05) is 0 Å². The summed E-state index contributed by atoms with van der Waals surface area (Å²) in [7, 11) is -3.62. The van der Waals surface area contributed by atoms with Crippen LogP contribution < -0.4 is 10.4 Å². The second kappa shape index (κ2) is 4.76. The number of sulfonamides is 1. The molecule has 0 bridgehead atoms. The second-order valence-electron chi connectivity index (χ2n) is 4.00. The molecule has 0 fully saturated rings. The number of rotatable bonds is 3. The molecule has 20 heavy (non-hydrogen) atoms. The summed E-state index contributed by atoms with van der Waals surface area (Å²) in [6, 6.07) is 7.98. The fourth-order valence-electron chi connectivity index (χ4n) is 1.74. The van der Waals surface area contributed by atoms with Crippen LogP contribution in [0.1, 0.15) is 0 Å². The highest BCUT2D eigenvalue weighted by atomic mass is 79.9. The van der Waals surface area contributed by atoms with E-state index >= 15 is 0 Å². The molecule has 1 aromatic carbocycles. The second-order valence-corrected chi connectivity index (χ2v) is 8.38. The lowest BCUT2D eigenvalue weighted by molar-refractivity contribution is 0.603. The van der Waals surface area contributed by atoms with Crippen molar-refractivity contribution < 1.29 is 8.42 Å². The van der Waals surface area contributed by atoms with Crippen molar-refractivity contribution in [3.05, 3.63) is 44.6 Å². The molecule has 0 saturated carbocycles. The van der Waals surface area contributed by atoms with Crippen molar-refractivity contribution in [1.82, 2.24) is 9.97 Å². The lowest BCUT2D eigenvalue weighted by Crippen LogP contribution is -2.11. The highest BCUT2D eigenvalue weighted by Gasteiger charge is 2.16. The predicted molar refractivity (Wildman–Crippen MR) is 81.7 cm³/mol. The summed E-state index contributed by atoms with van der Waals surface area (Å²) in [5.74, 6) is 0. The quantitative estimate of drug-likeness (QED) is 0.657. The van der Waals surface area contributed by atoms with Crippen LogP contribution in [0.15, 0.2) is 43.1 Å². The van der Waals surface area contributed by atoms with Gasteiger partial charge in [-0.05, 0) is 46.3 Å². The number of hydrogen-bond donors (Lipinski definition) is 3. The van der Waals surface area contributed by atoms with E-state index in [2.05, 4.69) is 30.6 Å². The van der Waals surface area contributed by atoms with Gasteiger partial charge < -0.3 is 9.97 Å². The molecule has 104 valence electrons. The van der Waals surface area contributed by atoms with E-state index < -0.39 is 10.0 Å². The third-order valence-corrected chi connectivity index (χ3v) is 6.08. The summed E-state index contributed by atoms with van der Waals surface area (Å²) in [6.07, 6.45) is 0. The van der Waals surface area contributed by atoms with E-state index in [-0.39, 0.29) is 9.90 Å². The fraction of sp³-hybridized carbons (Fsp3) is 0. The molecule has 0 radical (unpaired) electrons. The van der Waals surface area contributed by atoms with E-state index in [1.165, 1.54) is 6.07 Å². The van der Waals surface area contributed by atoms with Gasteiger partial charge in [0.25, 0.3) is 10.0 Å². The highest BCUT2D eigenvalue weighted by molar-refractivity contribution is 9.11. The number of thiophene rings is 1. The van der Waals surface area contributed by atoms with Crippen LogP contribution in [0.4, 0.5) is 5.69 Å². The van der Waals surface area contributed by atoms with Crippen molar-refractivity contribution in [1.29, 1.82) is 0 Å². The van der Waals surface area contributed by atoms with Gasteiger partial charge in [0.2, 0.25) is 0 Å². The molecule has 0 spiro atoms. The maximum Gasteiger partial charge on any atom is 0.323 e. The smallest absolute Gasteiger partial charge is 0.306 e. The van der Waals surface area contributed by atoms with Crippen molar-refractivity contribution in [2.45, 2.75) is 4.21 Å². The normalized spacial score (nSPS) is 11.8. The van der Waals surface area contributed by atoms with Crippen molar-refractivity contribution in [3.63, 3.8) is 0 Å². The van der Waals surface area contributed by atoms with Crippen LogP contribution in [0.5, 0.6) is 0 Å². The molecule has 0 aliphatic carbocycles. The van der Waals surface area contributed by atoms with Crippen molar-refractivity contribution in [2.75, 3.05) is 4.72 Å². The number of halogens is 1. The third kappa shape index (κ3) is 2.51. The Morgan fingerprint density at radius 1 is 1.10 bits per heavy atom. The van der Waals surface area contributed by atoms with Crippen LogP contribution in [0.2, 0.25) is 0 Å². The van der Waals surface area contributed by atoms with Crippen LogP contribution in [0.25, 0.3) is 11.0 Å². The van der Waals surface area contributed by atoms with Gasteiger partial charge in [-0.25, -0.2) is 13.2 Å². The Kier molecular flexibility index (Phi) is 3.19. The minimum absolute atomic E-state index is 0.215. The molecular formula is C11H8BrN3O3S2. The van der Waals surface area contributed by atoms with Gasteiger partial charge in [0, 0.05) is 0 Å². The van der Waals surface area contributed by atoms with Gasteiger partial charge in [0.1, 0.15) is 4.21 Å². The van der Waals surface area contributed by atoms with Crippen LogP contribution in [0, 0.1) is 0 Å². The Morgan fingerprint density at radius 3 is 2.55 bits per heavy atom.